The maximum atomic E-state index is 6.29. The van der Waals surface area contributed by atoms with Crippen LogP contribution in [0.4, 0.5) is 5.82 Å². The normalized spacial score (nSPS) is 14.0. The topological polar surface area (TPSA) is 37.4 Å². The lowest BCUT2D eigenvalue weighted by atomic mass is 10.2. The van der Waals surface area contributed by atoms with Crippen LogP contribution >= 0.6 is 35.3 Å². The molecule has 1 N–H and O–H groups in total. The fourth-order valence-electron chi connectivity index (χ4n) is 3.11. The number of halogens is 2. The quantitative estimate of drug-likeness (QED) is 0.590. The average molecular weight is 436 g/mol. The van der Waals surface area contributed by atoms with Crippen LogP contribution < -0.4 is 10.2 Å². The first-order chi connectivity index (χ1) is 13.3. The Labute approximate surface area is 180 Å². The number of pyridine rings is 1. The maximum absolute atomic E-state index is 6.29. The van der Waals surface area contributed by atoms with E-state index >= 15 is 0 Å². The highest BCUT2D eigenvalue weighted by atomic mass is 35.5. The van der Waals surface area contributed by atoms with Crippen molar-refractivity contribution in [2.75, 3.05) is 31.2 Å². The molecule has 1 fully saturated rings. The van der Waals surface area contributed by atoms with Crippen LogP contribution in [0.15, 0.2) is 54.7 Å². The predicted octanol–water partition coefficient (Wildman–Crippen LogP) is 5.01. The summed E-state index contributed by atoms with van der Waals surface area (Å²) in [6.07, 6.45) is 1.96. The predicted molar refractivity (Wildman–Crippen MR) is 120 cm³/mol. The summed E-state index contributed by atoms with van der Waals surface area (Å²) in [5.41, 5.74) is 2.29. The van der Waals surface area contributed by atoms with Gasteiger partial charge in [-0.1, -0.05) is 35.9 Å². The van der Waals surface area contributed by atoms with Crippen molar-refractivity contribution in [3.63, 3.8) is 0 Å². The third-order valence-electron chi connectivity index (χ3n) is 4.57. The van der Waals surface area contributed by atoms with Gasteiger partial charge < -0.3 is 15.0 Å². The van der Waals surface area contributed by atoms with Crippen LogP contribution in [0.25, 0.3) is 10.4 Å². The van der Waals surface area contributed by atoms with Gasteiger partial charge in [-0.2, -0.15) is 0 Å². The smallest absolute Gasteiger partial charge is 0.128 e. The van der Waals surface area contributed by atoms with Crippen molar-refractivity contribution < 1.29 is 4.74 Å². The first kappa shape index (κ1) is 21.1. The lowest BCUT2D eigenvalue weighted by Crippen LogP contribution is -2.36. The minimum Gasteiger partial charge on any atom is -0.378 e. The highest BCUT2D eigenvalue weighted by molar-refractivity contribution is 7.15. The number of thiophene rings is 1. The number of nitrogens with one attached hydrogen (secondary N) is 1. The zero-order valence-electron chi connectivity index (χ0n) is 15.4. The Hall–Kier alpha value is -1.63. The molecule has 3 heterocycles. The van der Waals surface area contributed by atoms with Crippen molar-refractivity contribution in [1.29, 1.82) is 0 Å². The molecule has 148 valence electrons. The molecule has 0 unspecified atom stereocenters. The summed E-state index contributed by atoms with van der Waals surface area (Å²) in [5.74, 6) is 1.03. The third kappa shape index (κ3) is 5.25. The molecule has 2 aromatic heterocycles. The van der Waals surface area contributed by atoms with Gasteiger partial charge in [0.25, 0.3) is 0 Å². The van der Waals surface area contributed by atoms with Gasteiger partial charge in [-0.3, -0.25) is 0 Å². The Balaban J connectivity index is 0.00000225. The SMILES string of the molecule is Cl.Clc1ccccc1-c1ccc(CNCc2ccc(N3CCOCC3)nc2)s1. The second kappa shape index (κ2) is 10.2. The van der Waals surface area contributed by atoms with E-state index in [0.717, 1.165) is 55.8 Å². The van der Waals surface area contributed by atoms with Crippen LogP contribution in [-0.2, 0) is 17.8 Å². The average Bonchev–Trinajstić information content (AvgIpc) is 3.18. The molecule has 0 bridgehead atoms. The number of hydrogen-bond donors (Lipinski definition) is 1. The number of nitrogens with zero attached hydrogens (tertiary/aromatic N) is 2. The van der Waals surface area contributed by atoms with Crippen molar-refractivity contribution in [3.05, 3.63) is 70.2 Å². The third-order valence-corrected chi connectivity index (χ3v) is 6.02. The van der Waals surface area contributed by atoms with Crippen LogP contribution in [-0.4, -0.2) is 31.3 Å². The second-order valence-corrected chi connectivity index (χ2v) is 8.05. The van der Waals surface area contributed by atoms with Crippen LogP contribution in [0.1, 0.15) is 10.4 Å². The Bertz CT molecular complexity index is 879. The van der Waals surface area contributed by atoms with E-state index in [4.69, 9.17) is 16.3 Å². The molecule has 4 rings (SSSR count). The molecular weight excluding hydrogens is 413 g/mol. The van der Waals surface area contributed by atoms with E-state index < -0.39 is 0 Å². The Morgan fingerprint density at radius 3 is 2.61 bits per heavy atom. The molecule has 0 aliphatic carbocycles. The molecule has 1 aliphatic heterocycles. The molecular formula is C21H23Cl2N3OS. The van der Waals surface area contributed by atoms with Gasteiger partial charge in [-0.15, -0.1) is 23.7 Å². The minimum atomic E-state index is 0. The molecule has 0 atom stereocenters. The molecule has 1 aliphatic rings. The molecule has 7 heteroatoms. The lowest BCUT2D eigenvalue weighted by molar-refractivity contribution is 0.122. The van der Waals surface area contributed by atoms with Crippen molar-refractivity contribution in [3.8, 4) is 10.4 Å². The van der Waals surface area contributed by atoms with Crippen molar-refractivity contribution >= 4 is 41.2 Å². The molecule has 1 aromatic carbocycles. The Morgan fingerprint density at radius 1 is 1.04 bits per heavy atom. The van der Waals surface area contributed by atoms with E-state index in [0.29, 0.717) is 0 Å². The molecule has 3 aromatic rings. The molecule has 0 amide bonds. The van der Waals surface area contributed by atoms with Gasteiger partial charge in [0, 0.05) is 52.7 Å². The zero-order valence-corrected chi connectivity index (χ0v) is 17.8. The van der Waals surface area contributed by atoms with E-state index in [-0.39, 0.29) is 12.4 Å². The fraction of sp³-hybridized carbons (Fsp3) is 0.286. The number of rotatable bonds is 6. The molecule has 1 saturated heterocycles. The molecule has 0 radical (unpaired) electrons. The number of hydrogen-bond acceptors (Lipinski definition) is 5. The van der Waals surface area contributed by atoms with Gasteiger partial charge in [0.15, 0.2) is 0 Å². The fourth-order valence-corrected chi connectivity index (χ4v) is 4.42. The van der Waals surface area contributed by atoms with E-state index in [1.807, 2.05) is 24.4 Å². The number of aromatic nitrogens is 1. The molecule has 0 spiro atoms. The van der Waals surface area contributed by atoms with Crippen molar-refractivity contribution in [1.82, 2.24) is 10.3 Å². The van der Waals surface area contributed by atoms with Crippen molar-refractivity contribution in [2.45, 2.75) is 13.1 Å². The first-order valence-corrected chi connectivity index (χ1v) is 10.3. The number of anilines is 1. The van der Waals surface area contributed by atoms with Gasteiger partial charge in [0.05, 0.1) is 13.2 Å². The summed E-state index contributed by atoms with van der Waals surface area (Å²) in [4.78, 5) is 9.36. The molecule has 4 nitrogen and oxygen atoms in total. The standard InChI is InChI=1S/C21H22ClN3OS.ClH/c22-19-4-2-1-3-18(19)20-7-6-17(27-20)15-23-13-16-5-8-21(24-14-16)25-9-11-26-12-10-25;/h1-8,14,23H,9-13,15H2;1H. The summed E-state index contributed by atoms with van der Waals surface area (Å²) in [5, 5.41) is 4.30. The highest BCUT2D eigenvalue weighted by Gasteiger charge is 2.12. The Kier molecular flexibility index (Phi) is 7.71. The summed E-state index contributed by atoms with van der Waals surface area (Å²) >= 11 is 8.07. The monoisotopic (exact) mass is 435 g/mol. The number of benzene rings is 1. The van der Waals surface area contributed by atoms with Gasteiger partial charge in [-0.05, 0) is 29.8 Å². The number of morpholine rings is 1. The van der Waals surface area contributed by atoms with Gasteiger partial charge in [0.1, 0.15) is 5.82 Å². The van der Waals surface area contributed by atoms with E-state index in [1.165, 1.54) is 15.3 Å². The van der Waals surface area contributed by atoms with Crippen molar-refractivity contribution in [2.24, 2.45) is 0 Å². The van der Waals surface area contributed by atoms with E-state index in [9.17, 15) is 0 Å². The maximum Gasteiger partial charge on any atom is 0.128 e. The van der Waals surface area contributed by atoms with Gasteiger partial charge >= 0.3 is 0 Å². The highest BCUT2D eigenvalue weighted by Crippen LogP contribution is 2.33. The van der Waals surface area contributed by atoms with Gasteiger partial charge in [-0.25, -0.2) is 4.98 Å². The summed E-state index contributed by atoms with van der Waals surface area (Å²) in [6.45, 7) is 5.02. The first-order valence-electron chi connectivity index (χ1n) is 9.11. The minimum absolute atomic E-state index is 0. The molecule has 28 heavy (non-hydrogen) atoms. The van der Waals surface area contributed by atoms with Gasteiger partial charge in [0.2, 0.25) is 0 Å². The number of ether oxygens (including phenoxy) is 1. The van der Waals surface area contributed by atoms with E-state index in [2.05, 4.69) is 45.5 Å². The molecule has 0 saturated carbocycles. The van der Waals surface area contributed by atoms with E-state index in [1.54, 1.807) is 11.3 Å². The summed E-state index contributed by atoms with van der Waals surface area (Å²) < 4.78 is 5.39. The van der Waals surface area contributed by atoms with Crippen LogP contribution in [0.3, 0.4) is 0 Å². The van der Waals surface area contributed by atoms with Crippen LogP contribution in [0.5, 0.6) is 0 Å². The van der Waals surface area contributed by atoms with Crippen LogP contribution in [0, 0.1) is 0 Å². The second-order valence-electron chi connectivity index (χ2n) is 6.47. The Morgan fingerprint density at radius 2 is 1.86 bits per heavy atom. The largest absolute Gasteiger partial charge is 0.378 e. The lowest BCUT2D eigenvalue weighted by Gasteiger charge is -2.27. The zero-order chi connectivity index (χ0) is 18.5. The summed E-state index contributed by atoms with van der Waals surface area (Å²) in [6, 6.07) is 16.5. The summed E-state index contributed by atoms with van der Waals surface area (Å²) in [7, 11) is 0. The van der Waals surface area contributed by atoms with Crippen LogP contribution in [0.2, 0.25) is 5.02 Å².